The Kier molecular flexibility index (Phi) is 3.23. The topological polar surface area (TPSA) is 62.3 Å². The molecule has 2 amide bonds. The van der Waals surface area contributed by atoms with Crippen LogP contribution in [0.5, 0.6) is 0 Å². The van der Waals surface area contributed by atoms with Crippen LogP contribution in [0.4, 0.5) is 5.82 Å². The molecule has 0 bridgehead atoms. The third-order valence-corrected chi connectivity index (χ3v) is 4.65. The van der Waals surface area contributed by atoms with Crippen LogP contribution >= 0.6 is 0 Å². The predicted octanol–water partition coefficient (Wildman–Crippen LogP) is 2.04. The van der Waals surface area contributed by atoms with Gasteiger partial charge in [-0.1, -0.05) is 26.8 Å². The first-order chi connectivity index (χ1) is 9.98. The minimum Gasteiger partial charge on any atom is -0.370 e. The quantitative estimate of drug-likeness (QED) is 0.842. The van der Waals surface area contributed by atoms with Crippen molar-refractivity contribution in [1.29, 1.82) is 0 Å². The van der Waals surface area contributed by atoms with Gasteiger partial charge in [0, 0.05) is 18.3 Å². The van der Waals surface area contributed by atoms with Crippen molar-refractivity contribution in [3.8, 4) is 0 Å². The number of likely N-dealkylation sites (tertiary alicyclic amines) is 1. The van der Waals surface area contributed by atoms with Gasteiger partial charge in [-0.3, -0.25) is 14.5 Å². The molecule has 1 saturated carbocycles. The number of pyridine rings is 1. The second-order valence-corrected chi connectivity index (χ2v) is 6.48. The molecule has 1 aliphatic carbocycles. The molecule has 2 unspecified atom stereocenters. The number of hydrogen-bond donors (Lipinski definition) is 1. The van der Waals surface area contributed by atoms with E-state index >= 15 is 0 Å². The summed E-state index contributed by atoms with van der Waals surface area (Å²) in [5, 5.41) is 3.24. The molecule has 1 aromatic heterocycles. The number of imide groups is 1. The molecule has 5 nitrogen and oxygen atoms in total. The Balaban J connectivity index is 1.77. The van der Waals surface area contributed by atoms with Crippen molar-refractivity contribution < 1.29 is 9.59 Å². The lowest BCUT2D eigenvalue weighted by Crippen LogP contribution is -2.35. The molecule has 1 aliphatic heterocycles. The molecule has 2 heterocycles. The fourth-order valence-corrected chi connectivity index (χ4v) is 3.30. The standard InChI is InChI=1S/C16H21N3O2/c1-4-7-17-13-10(6-5-8-18-13)9-19-14(20)11-12(15(19)21)16(11,2)3/h5-6,8,11-12H,4,7,9H2,1-3H3,(H,17,18). The normalized spacial score (nSPS) is 26.0. The van der Waals surface area contributed by atoms with E-state index in [0.29, 0.717) is 6.54 Å². The molecular weight excluding hydrogens is 266 g/mol. The lowest BCUT2D eigenvalue weighted by molar-refractivity contribution is -0.143. The van der Waals surface area contributed by atoms with Crippen molar-refractivity contribution in [3.63, 3.8) is 0 Å². The summed E-state index contributed by atoms with van der Waals surface area (Å²) in [6.07, 6.45) is 2.71. The number of carbonyl (C=O) groups excluding carboxylic acids is 2. The number of nitrogens with zero attached hydrogens (tertiary/aromatic N) is 2. The van der Waals surface area contributed by atoms with Crippen LogP contribution in [-0.4, -0.2) is 28.2 Å². The van der Waals surface area contributed by atoms with Crippen molar-refractivity contribution in [2.75, 3.05) is 11.9 Å². The van der Waals surface area contributed by atoms with Crippen LogP contribution in [0.3, 0.4) is 0 Å². The van der Waals surface area contributed by atoms with Gasteiger partial charge in [-0.15, -0.1) is 0 Å². The Labute approximate surface area is 124 Å². The van der Waals surface area contributed by atoms with Gasteiger partial charge in [0.1, 0.15) is 5.82 Å². The van der Waals surface area contributed by atoms with Gasteiger partial charge in [0.25, 0.3) is 0 Å². The summed E-state index contributed by atoms with van der Waals surface area (Å²) >= 11 is 0. The smallest absolute Gasteiger partial charge is 0.233 e. The van der Waals surface area contributed by atoms with E-state index in [1.54, 1.807) is 6.20 Å². The number of fused-ring (bicyclic) bond motifs is 1. The third kappa shape index (κ3) is 2.11. The largest absolute Gasteiger partial charge is 0.370 e. The van der Waals surface area contributed by atoms with E-state index in [1.807, 2.05) is 26.0 Å². The van der Waals surface area contributed by atoms with Crippen LogP contribution < -0.4 is 5.32 Å². The molecule has 5 heteroatoms. The first-order valence-corrected chi connectivity index (χ1v) is 7.51. The number of hydrogen-bond acceptors (Lipinski definition) is 4. The average Bonchev–Trinajstić information content (AvgIpc) is 2.93. The number of amides is 2. The van der Waals surface area contributed by atoms with E-state index in [9.17, 15) is 9.59 Å². The fourth-order valence-electron chi connectivity index (χ4n) is 3.30. The van der Waals surface area contributed by atoms with E-state index < -0.39 is 0 Å². The molecule has 0 radical (unpaired) electrons. The number of rotatable bonds is 5. The molecule has 1 saturated heterocycles. The van der Waals surface area contributed by atoms with Crippen LogP contribution in [0.2, 0.25) is 0 Å². The molecular formula is C16H21N3O2. The van der Waals surface area contributed by atoms with Gasteiger partial charge in [0.2, 0.25) is 11.8 Å². The second kappa shape index (κ2) is 4.83. The highest BCUT2D eigenvalue weighted by atomic mass is 16.2. The molecule has 2 aliphatic rings. The molecule has 1 N–H and O–H groups in total. The molecule has 3 rings (SSSR count). The van der Waals surface area contributed by atoms with Gasteiger partial charge in [0.05, 0.1) is 18.4 Å². The summed E-state index contributed by atoms with van der Waals surface area (Å²) in [4.78, 5) is 30.4. The maximum atomic E-state index is 12.4. The monoisotopic (exact) mass is 287 g/mol. The lowest BCUT2D eigenvalue weighted by Gasteiger charge is -2.21. The van der Waals surface area contributed by atoms with E-state index in [2.05, 4.69) is 17.2 Å². The summed E-state index contributed by atoms with van der Waals surface area (Å²) in [6.45, 7) is 7.21. The van der Waals surface area contributed by atoms with Gasteiger partial charge in [-0.25, -0.2) is 4.98 Å². The Morgan fingerprint density at radius 2 is 1.95 bits per heavy atom. The Hall–Kier alpha value is -1.91. The highest BCUT2D eigenvalue weighted by molar-refractivity contribution is 6.10. The van der Waals surface area contributed by atoms with Gasteiger partial charge >= 0.3 is 0 Å². The van der Waals surface area contributed by atoms with Gasteiger partial charge < -0.3 is 5.32 Å². The lowest BCUT2D eigenvalue weighted by atomic mass is 10.1. The van der Waals surface area contributed by atoms with Crippen molar-refractivity contribution in [1.82, 2.24) is 9.88 Å². The molecule has 21 heavy (non-hydrogen) atoms. The van der Waals surface area contributed by atoms with E-state index in [0.717, 1.165) is 24.3 Å². The third-order valence-electron chi connectivity index (χ3n) is 4.65. The summed E-state index contributed by atoms with van der Waals surface area (Å²) in [5.74, 6) is 0.475. The molecule has 2 atom stereocenters. The number of carbonyl (C=O) groups is 2. The van der Waals surface area contributed by atoms with Crippen LogP contribution in [0.25, 0.3) is 0 Å². The van der Waals surface area contributed by atoms with Crippen LogP contribution in [-0.2, 0) is 16.1 Å². The number of piperidine rings is 1. The van der Waals surface area contributed by atoms with E-state index in [-0.39, 0.29) is 29.1 Å². The summed E-state index contributed by atoms with van der Waals surface area (Å²) in [6, 6.07) is 3.75. The molecule has 0 aromatic carbocycles. The zero-order valence-corrected chi connectivity index (χ0v) is 12.7. The highest BCUT2D eigenvalue weighted by Gasteiger charge is 2.72. The minimum absolute atomic E-state index is 0.0275. The van der Waals surface area contributed by atoms with Crippen LogP contribution in [0.1, 0.15) is 32.8 Å². The highest BCUT2D eigenvalue weighted by Crippen LogP contribution is 2.63. The average molecular weight is 287 g/mol. The molecule has 1 aromatic rings. The predicted molar refractivity (Wildman–Crippen MR) is 79.3 cm³/mol. The maximum absolute atomic E-state index is 12.4. The molecule has 2 fully saturated rings. The Morgan fingerprint density at radius 1 is 1.29 bits per heavy atom. The second-order valence-electron chi connectivity index (χ2n) is 6.48. The van der Waals surface area contributed by atoms with Crippen molar-refractivity contribution >= 4 is 17.6 Å². The van der Waals surface area contributed by atoms with Crippen LogP contribution in [0, 0.1) is 17.3 Å². The first-order valence-electron chi connectivity index (χ1n) is 7.51. The van der Waals surface area contributed by atoms with Crippen molar-refractivity contribution in [2.24, 2.45) is 17.3 Å². The number of nitrogens with one attached hydrogen (secondary N) is 1. The zero-order valence-electron chi connectivity index (χ0n) is 12.7. The van der Waals surface area contributed by atoms with Gasteiger partial charge in [-0.2, -0.15) is 0 Å². The van der Waals surface area contributed by atoms with Crippen LogP contribution in [0.15, 0.2) is 18.3 Å². The summed E-state index contributed by atoms with van der Waals surface area (Å²) in [5.41, 5.74) is 0.745. The molecule has 0 spiro atoms. The van der Waals surface area contributed by atoms with Gasteiger partial charge in [0.15, 0.2) is 0 Å². The fraction of sp³-hybridized carbons (Fsp3) is 0.562. The zero-order chi connectivity index (χ0) is 15.2. The Morgan fingerprint density at radius 3 is 2.57 bits per heavy atom. The molecule has 112 valence electrons. The number of aromatic nitrogens is 1. The summed E-state index contributed by atoms with van der Waals surface area (Å²) in [7, 11) is 0. The van der Waals surface area contributed by atoms with E-state index in [4.69, 9.17) is 0 Å². The van der Waals surface area contributed by atoms with Gasteiger partial charge in [-0.05, 0) is 17.9 Å². The summed E-state index contributed by atoms with van der Waals surface area (Å²) < 4.78 is 0. The SMILES string of the molecule is CCCNc1ncccc1CN1C(=O)C2C(C1=O)C2(C)C. The minimum atomic E-state index is -0.150. The van der Waals surface area contributed by atoms with E-state index in [1.165, 1.54) is 4.90 Å². The Bertz CT molecular complexity index is 573. The first kappa shape index (κ1) is 14.0. The maximum Gasteiger partial charge on any atom is 0.233 e. The van der Waals surface area contributed by atoms with Crippen molar-refractivity contribution in [3.05, 3.63) is 23.9 Å². The number of anilines is 1. The van der Waals surface area contributed by atoms with Crippen molar-refractivity contribution in [2.45, 2.75) is 33.7 Å².